The second-order valence-electron chi connectivity index (χ2n) is 2.97. The minimum Gasteiger partial charge on any atom is -0.381 e. The molecule has 1 aromatic heterocycles. The van der Waals surface area contributed by atoms with Crippen LogP contribution in [0.4, 0.5) is 5.69 Å². The smallest absolute Gasteiger partial charge is 0.161 e. The summed E-state index contributed by atoms with van der Waals surface area (Å²) >= 11 is 0. The topological polar surface area (TPSA) is 53.6 Å². The van der Waals surface area contributed by atoms with Crippen LogP contribution in [0.2, 0.25) is 0 Å². The summed E-state index contributed by atoms with van der Waals surface area (Å²) in [5.74, 6) is 0. The molecule has 0 atom stereocenters. The summed E-state index contributed by atoms with van der Waals surface area (Å²) in [5.41, 5.74) is 2.35. The second-order valence-corrected chi connectivity index (χ2v) is 2.97. The van der Waals surface area contributed by atoms with E-state index in [1.54, 1.807) is 11.7 Å². The SMILES string of the molecule is CCCNc1c(C)nn(C)c1C#N. The first-order valence-corrected chi connectivity index (χ1v) is 4.38. The van der Waals surface area contributed by atoms with Crippen LogP contribution >= 0.6 is 0 Å². The zero-order valence-electron chi connectivity index (χ0n) is 8.26. The minimum atomic E-state index is 0.603. The molecule has 0 fully saturated rings. The molecule has 0 saturated heterocycles. The van der Waals surface area contributed by atoms with Gasteiger partial charge in [-0.1, -0.05) is 6.92 Å². The molecule has 13 heavy (non-hydrogen) atoms. The molecule has 0 aliphatic rings. The van der Waals surface area contributed by atoms with E-state index in [9.17, 15) is 0 Å². The zero-order valence-corrected chi connectivity index (χ0v) is 8.26. The molecule has 0 aliphatic heterocycles. The van der Waals surface area contributed by atoms with Crippen molar-refractivity contribution in [2.45, 2.75) is 20.3 Å². The van der Waals surface area contributed by atoms with Crippen molar-refractivity contribution in [3.05, 3.63) is 11.4 Å². The molecule has 0 spiro atoms. The van der Waals surface area contributed by atoms with Crippen molar-refractivity contribution in [1.82, 2.24) is 9.78 Å². The molecule has 0 amide bonds. The largest absolute Gasteiger partial charge is 0.381 e. The number of nitrogens with zero attached hydrogens (tertiary/aromatic N) is 3. The van der Waals surface area contributed by atoms with Crippen molar-refractivity contribution in [3.63, 3.8) is 0 Å². The Morgan fingerprint density at radius 3 is 2.85 bits per heavy atom. The van der Waals surface area contributed by atoms with Crippen LogP contribution < -0.4 is 5.32 Å². The third-order valence-corrected chi connectivity index (χ3v) is 1.88. The average Bonchev–Trinajstić information content (AvgIpc) is 2.37. The van der Waals surface area contributed by atoms with Gasteiger partial charge in [-0.2, -0.15) is 10.4 Å². The van der Waals surface area contributed by atoms with Gasteiger partial charge in [0.25, 0.3) is 0 Å². The highest BCUT2D eigenvalue weighted by molar-refractivity contribution is 5.57. The van der Waals surface area contributed by atoms with Crippen LogP contribution in [0, 0.1) is 18.3 Å². The lowest BCUT2D eigenvalue weighted by Gasteiger charge is -2.02. The molecule has 0 unspecified atom stereocenters. The van der Waals surface area contributed by atoms with Gasteiger partial charge in [-0.3, -0.25) is 4.68 Å². The number of aromatic nitrogens is 2. The fraction of sp³-hybridized carbons (Fsp3) is 0.556. The van der Waals surface area contributed by atoms with Gasteiger partial charge < -0.3 is 5.32 Å². The van der Waals surface area contributed by atoms with E-state index in [1.165, 1.54) is 0 Å². The third-order valence-electron chi connectivity index (χ3n) is 1.88. The molecule has 1 heterocycles. The number of rotatable bonds is 3. The van der Waals surface area contributed by atoms with Crippen LogP contribution in [-0.4, -0.2) is 16.3 Å². The monoisotopic (exact) mass is 178 g/mol. The van der Waals surface area contributed by atoms with Crippen molar-refractivity contribution >= 4 is 5.69 Å². The Morgan fingerprint density at radius 1 is 1.62 bits per heavy atom. The third kappa shape index (κ3) is 1.81. The number of nitriles is 1. The first kappa shape index (κ1) is 9.59. The Bertz CT molecular complexity index is 332. The van der Waals surface area contributed by atoms with Crippen LogP contribution in [0.25, 0.3) is 0 Å². The molecule has 0 saturated carbocycles. The summed E-state index contributed by atoms with van der Waals surface area (Å²) in [6.07, 6.45) is 1.04. The van der Waals surface area contributed by atoms with Crippen molar-refractivity contribution in [3.8, 4) is 6.07 Å². The molecule has 0 radical (unpaired) electrons. The van der Waals surface area contributed by atoms with Crippen LogP contribution in [-0.2, 0) is 7.05 Å². The van der Waals surface area contributed by atoms with Gasteiger partial charge in [0.2, 0.25) is 0 Å². The number of hydrogen-bond acceptors (Lipinski definition) is 3. The summed E-state index contributed by atoms with van der Waals surface area (Å²) in [5, 5.41) is 16.2. The van der Waals surface area contributed by atoms with Gasteiger partial charge in [-0.05, 0) is 13.3 Å². The van der Waals surface area contributed by atoms with E-state index in [0.717, 1.165) is 24.3 Å². The number of hydrogen-bond donors (Lipinski definition) is 1. The normalized spacial score (nSPS) is 9.69. The summed E-state index contributed by atoms with van der Waals surface area (Å²) in [6.45, 7) is 4.87. The van der Waals surface area contributed by atoms with Gasteiger partial charge in [-0.15, -0.1) is 0 Å². The first-order chi connectivity index (χ1) is 6.20. The minimum absolute atomic E-state index is 0.603. The van der Waals surface area contributed by atoms with Crippen LogP contribution in [0.15, 0.2) is 0 Å². The van der Waals surface area contributed by atoms with E-state index in [-0.39, 0.29) is 0 Å². The van der Waals surface area contributed by atoms with E-state index >= 15 is 0 Å². The maximum atomic E-state index is 8.86. The highest BCUT2D eigenvalue weighted by atomic mass is 15.3. The molecule has 1 N–H and O–H groups in total. The van der Waals surface area contributed by atoms with Crippen molar-refractivity contribution in [1.29, 1.82) is 5.26 Å². The Morgan fingerprint density at radius 2 is 2.31 bits per heavy atom. The lowest BCUT2D eigenvalue weighted by molar-refractivity contribution is 0.746. The van der Waals surface area contributed by atoms with E-state index < -0.39 is 0 Å². The Balaban J connectivity index is 2.97. The lowest BCUT2D eigenvalue weighted by atomic mass is 10.3. The van der Waals surface area contributed by atoms with Gasteiger partial charge >= 0.3 is 0 Å². The highest BCUT2D eigenvalue weighted by Crippen LogP contribution is 2.17. The molecule has 1 rings (SSSR count). The highest BCUT2D eigenvalue weighted by Gasteiger charge is 2.10. The number of anilines is 1. The molecule has 4 heteroatoms. The van der Waals surface area contributed by atoms with Crippen LogP contribution in [0.5, 0.6) is 0 Å². The summed E-state index contributed by atoms with van der Waals surface area (Å²) < 4.78 is 1.60. The first-order valence-electron chi connectivity index (χ1n) is 4.38. The fourth-order valence-electron chi connectivity index (χ4n) is 1.25. The standard InChI is InChI=1S/C9H14N4/c1-4-5-11-9-7(2)12-13(3)8(9)6-10/h11H,4-5H2,1-3H3. The Hall–Kier alpha value is -1.50. The van der Waals surface area contributed by atoms with Gasteiger partial charge in [0.15, 0.2) is 5.69 Å². The molecule has 4 nitrogen and oxygen atoms in total. The van der Waals surface area contributed by atoms with Crippen molar-refractivity contribution in [2.75, 3.05) is 11.9 Å². The van der Waals surface area contributed by atoms with Crippen molar-refractivity contribution < 1.29 is 0 Å². The van der Waals surface area contributed by atoms with E-state index in [2.05, 4.69) is 23.4 Å². The predicted octanol–water partition coefficient (Wildman–Crippen LogP) is 1.42. The Labute approximate surface area is 78.2 Å². The van der Waals surface area contributed by atoms with Gasteiger partial charge in [0.1, 0.15) is 6.07 Å². The molecule has 0 aliphatic carbocycles. The zero-order chi connectivity index (χ0) is 9.84. The number of nitrogens with one attached hydrogen (secondary N) is 1. The average molecular weight is 178 g/mol. The van der Waals surface area contributed by atoms with E-state index in [4.69, 9.17) is 5.26 Å². The molecule has 1 aromatic rings. The predicted molar refractivity (Wildman–Crippen MR) is 51.4 cm³/mol. The van der Waals surface area contributed by atoms with Crippen molar-refractivity contribution in [2.24, 2.45) is 7.05 Å². The molecular weight excluding hydrogens is 164 g/mol. The van der Waals surface area contributed by atoms with Crippen LogP contribution in [0.3, 0.4) is 0 Å². The second kappa shape index (κ2) is 3.94. The number of aryl methyl sites for hydroxylation is 2. The lowest BCUT2D eigenvalue weighted by Crippen LogP contribution is -2.02. The quantitative estimate of drug-likeness (QED) is 0.761. The van der Waals surface area contributed by atoms with E-state index in [1.807, 2.05) is 6.92 Å². The summed E-state index contributed by atoms with van der Waals surface area (Å²) in [7, 11) is 1.78. The fourth-order valence-corrected chi connectivity index (χ4v) is 1.25. The molecular formula is C9H14N4. The summed E-state index contributed by atoms with van der Waals surface area (Å²) in [6, 6.07) is 2.13. The molecule has 70 valence electrons. The molecule has 0 bridgehead atoms. The van der Waals surface area contributed by atoms with Gasteiger partial charge in [0.05, 0.1) is 11.4 Å². The van der Waals surface area contributed by atoms with Gasteiger partial charge in [0, 0.05) is 13.6 Å². The van der Waals surface area contributed by atoms with E-state index in [0.29, 0.717) is 5.69 Å². The maximum absolute atomic E-state index is 8.86. The van der Waals surface area contributed by atoms with Gasteiger partial charge in [-0.25, -0.2) is 0 Å². The van der Waals surface area contributed by atoms with Crippen LogP contribution in [0.1, 0.15) is 24.7 Å². The summed E-state index contributed by atoms with van der Waals surface area (Å²) in [4.78, 5) is 0. The molecule has 0 aromatic carbocycles. The maximum Gasteiger partial charge on any atom is 0.161 e. The Kier molecular flexibility index (Phi) is 2.91.